The van der Waals surface area contributed by atoms with E-state index in [9.17, 15) is 24.3 Å². The Morgan fingerprint density at radius 3 is 2.41 bits per heavy atom. The van der Waals surface area contributed by atoms with E-state index in [2.05, 4.69) is 5.32 Å². The minimum atomic E-state index is -1.39. The number of rotatable bonds is 8. The minimum Gasteiger partial charge on any atom is -0.480 e. The number of likely N-dealkylation sites (tertiary alicyclic amines) is 1. The molecule has 3 aromatic rings. The highest BCUT2D eigenvalue weighted by Gasteiger charge is 2.51. The molecular weight excluding hydrogens is 472 g/mol. The lowest BCUT2D eigenvalue weighted by Gasteiger charge is -2.45. The second-order valence-electron chi connectivity index (χ2n) is 9.73. The van der Waals surface area contributed by atoms with Gasteiger partial charge in [0, 0.05) is 17.4 Å². The smallest absolute Gasteiger partial charge is 0.323 e. The highest BCUT2D eigenvalue weighted by atomic mass is 16.4. The van der Waals surface area contributed by atoms with Crippen LogP contribution in [0.4, 0.5) is 0 Å². The average molecular weight is 505 g/mol. The quantitative estimate of drug-likeness (QED) is 0.434. The van der Waals surface area contributed by atoms with Gasteiger partial charge in [0.25, 0.3) is 5.91 Å². The van der Waals surface area contributed by atoms with Gasteiger partial charge in [-0.3, -0.25) is 19.2 Å². The van der Waals surface area contributed by atoms with E-state index in [0.717, 1.165) is 5.39 Å². The zero-order valence-corrected chi connectivity index (χ0v) is 21.0. The average Bonchev–Trinajstić information content (AvgIpc) is 3.12. The molecule has 0 spiro atoms. The van der Waals surface area contributed by atoms with E-state index < -0.39 is 35.9 Å². The van der Waals surface area contributed by atoms with Gasteiger partial charge in [0.2, 0.25) is 11.8 Å². The number of fused-ring (bicyclic) bond motifs is 1. The number of aromatic nitrogens is 1. The summed E-state index contributed by atoms with van der Waals surface area (Å²) in [4.78, 5) is 53.6. The summed E-state index contributed by atoms with van der Waals surface area (Å²) in [7, 11) is 0. The molecule has 4 N–H and O–H groups in total. The van der Waals surface area contributed by atoms with Crippen molar-refractivity contribution in [1.82, 2.24) is 14.8 Å². The first kappa shape index (κ1) is 25.9. The number of nitrogens with two attached hydrogens (primary N) is 1. The number of benzene rings is 2. The molecular formula is C28H32N4O5. The second kappa shape index (κ2) is 10.5. The lowest BCUT2D eigenvalue weighted by atomic mass is 9.77. The summed E-state index contributed by atoms with van der Waals surface area (Å²) in [5.74, 6) is -2.98. The topological polar surface area (TPSA) is 135 Å². The molecule has 1 fully saturated rings. The molecule has 0 bridgehead atoms. The summed E-state index contributed by atoms with van der Waals surface area (Å²) < 4.78 is 1.43. The van der Waals surface area contributed by atoms with Gasteiger partial charge in [-0.15, -0.1) is 0 Å². The molecule has 4 rings (SSSR count). The lowest BCUT2D eigenvalue weighted by molar-refractivity contribution is -0.151. The zero-order chi connectivity index (χ0) is 26.7. The monoisotopic (exact) mass is 504 g/mol. The Morgan fingerprint density at radius 1 is 1.08 bits per heavy atom. The number of carbonyl (C=O) groups is 4. The molecule has 37 heavy (non-hydrogen) atoms. The third-order valence-corrected chi connectivity index (χ3v) is 7.18. The van der Waals surface area contributed by atoms with Crippen LogP contribution in [0.1, 0.15) is 49.2 Å². The number of aliphatic carboxylic acids is 1. The van der Waals surface area contributed by atoms with Crippen LogP contribution in [-0.2, 0) is 26.5 Å². The number of hydrogen-bond acceptors (Lipinski definition) is 4. The first-order valence-corrected chi connectivity index (χ1v) is 12.5. The number of hydrogen-bond donors (Lipinski definition) is 3. The van der Waals surface area contributed by atoms with Gasteiger partial charge in [-0.25, -0.2) is 0 Å². The van der Waals surface area contributed by atoms with Crippen molar-refractivity contribution in [2.45, 2.75) is 51.2 Å². The highest BCUT2D eigenvalue weighted by Crippen LogP contribution is 2.38. The van der Waals surface area contributed by atoms with Crippen LogP contribution in [0.2, 0.25) is 0 Å². The van der Waals surface area contributed by atoms with Crippen molar-refractivity contribution in [2.24, 2.45) is 11.7 Å². The van der Waals surface area contributed by atoms with E-state index in [1.165, 1.54) is 9.47 Å². The first-order valence-electron chi connectivity index (χ1n) is 12.5. The van der Waals surface area contributed by atoms with E-state index in [1.807, 2.05) is 19.9 Å². The summed E-state index contributed by atoms with van der Waals surface area (Å²) in [6.07, 6.45) is 1.70. The van der Waals surface area contributed by atoms with E-state index in [-0.39, 0.29) is 17.5 Å². The molecule has 1 unspecified atom stereocenters. The number of para-hydroxylation sites is 1. The number of primary amides is 1. The van der Waals surface area contributed by atoms with E-state index >= 15 is 0 Å². The minimum absolute atomic E-state index is 0.153. The zero-order valence-electron chi connectivity index (χ0n) is 21.0. The van der Waals surface area contributed by atoms with Crippen LogP contribution in [0, 0.1) is 5.92 Å². The summed E-state index contributed by atoms with van der Waals surface area (Å²) in [5.41, 5.74) is 6.02. The molecule has 0 radical (unpaired) electrons. The maximum absolute atomic E-state index is 14.0. The van der Waals surface area contributed by atoms with Gasteiger partial charge in [-0.1, -0.05) is 62.4 Å². The van der Waals surface area contributed by atoms with Crippen molar-refractivity contribution in [1.29, 1.82) is 0 Å². The maximum atomic E-state index is 14.0. The molecule has 2 aromatic carbocycles. The van der Waals surface area contributed by atoms with Gasteiger partial charge in [-0.2, -0.15) is 0 Å². The molecule has 2 heterocycles. The van der Waals surface area contributed by atoms with Crippen LogP contribution in [0.15, 0.2) is 60.7 Å². The van der Waals surface area contributed by atoms with Crippen LogP contribution in [0.5, 0.6) is 0 Å². The first-order chi connectivity index (χ1) is 17.7. The molecule has 194 valence electrons. The van der Waals surface area contributed by atoms with E-state index in [4.69, 9.17) is 5.73 Å². The predicted octanol–water partition coefficient (Wildman–Crippen LogP) is 2.87. The Kier molecular flexibility index (Phi) is 7.33. The van der Waals surface area contributed by atoms with Crippen molar-refractivity contribution in [3.8, 4) is 0 Å². The highest BCUT2D eigenvalue weighted by molar-refractivity contribution is 6.02. The fraction of sp³-hybridized carbons (Fsp3) is 0.357. The number of amides is 3. The number of nitrogens with one attached hydrogen (secondary N) is 1. The molecule has 3 amide bonds. The molecule has 0 saturated carbocycles. The molecule has 1 saturated heterocycles. The molecule has 9 heteroatoms. The summed E-state index contributed by atoms with van der Waals surface area (Å²) in [6, 6.07) is 16.9. The van der Waals surface area contributed by atoms with Crippen molar-refractivity contribution in [2.75, 3.05) is 6.54 Å². The Bertz CT molecular complexity index is 1330. The molecule has 1 aliphatic heterocycles. The molecule has 1 aliphatic rings. The van der Waals surface area contributed by atoms with Gasteiger partial charge < -0.3 is 25.6 Å². The van der Waals surface area contributed by atoms with Gasteiger partial charge in [0.1, 0.15) is 23.8 Å². The standard InChI is InChI=1S/C28H32N4O5/c1-18(2)28(27(29)37,20-11-4-3-5-12-20)32-15-9-8-13-21(26(32)36)30-25(35)23-16-19-10-6-7-14-22(19)31(23)17-24(33)34/h3-7,10-12,14,16,18,21H,8-9,13,15,17H2,1-2H3,(H2,29,37)(H,30,35)(H,33,34)/t21-,28?/m1/s1. The molecule has 1 aromatic heterocycles. The van der Waals surface area contributed by atoms with Crippen LogP contribution < -0.4 is 11.1 Å². The fourth-order valence-electron chi connectivity index (χ4n) is 5.51. The molecule has 2 atom stereocenters. The third-order valence-electron chi connectivity index (χ3n) is 7.18. The van der Waals surface area contributed by atoms with E-state index in [1.54, 1.807) is 54.6 Å². The lowest BCUT2D eigenvalue weighted by Crippen LogP contribution is -2.63. The van der Waals surface area contributed by atoms with E-state index in [0.29, 0.717) is 36.9 Å². The van der Waals surface area contributed by atoms with Gasteiger partial charge >= 0.3 is 5.97 Å². The van der Waals surface area contributed by atoms with Crippen molar-refractivity contribution < 1.29 is 24.3 Å². The van der Waals surface area contributed by atoms with Crippen molar-refractivity contribution in [3.63, 3.8) is 0 Å². The largest absolute Gasteiger partial charge is 0.480 e. The van der Waals surface area contributed by atoms with Gasteiger partial charge in [0.15, 0.2) is 0 Å². The number of carbonyl (C=O) groups excluding carboxylic acids is 3. The third kappa shape index (κ3) is 4.69. The van der Waals surface area contributed by atoms with Crippen LogP contribution in [0.3, 0.4) is 0 Å². The van der Waals surface area contributed by atoms with Crippen LogP contribution in [-0.4, -0.2) is 50.9 Å². The van der Waals surface area contributed by atoms with Crippen LogP contribution >= 0.6 is 0 Å². The maximum Gasteiger partial charge on any atom is 0.323 e. The summed E-state index contributed by atoms with van der Waals surface area (Å²) in [5, 5.41) is 13.0. The number of carboxylic acid groups (broad SMARTS) is 1. The number of carboxylic acids is 1. The van der Waals surface area contributed by atoms with Gasteiger partial charge in [0.05, 0.1) is 0 Å². The SMILES string of the molecule is CC(C)C(C(N)=O)(c1ccccc1)N1CCCC[C@@H](NC(=O)c2cc3ccccc3n2CC(=O)O)C1=O. The van der Waals surface area contributed by atoms with Crippen molar-refractivity contribution >= 4 is 34.6 Å². The van der Waals surface area contributed by atoms with Gasteiger partial charge in [-0.05, 0) is 42.9 Å². The Morgan fingerprint density at radius 2 is 1.76 bits per heavy atom. The summed E-state index contributed by atoms with van der Waals surface area (Å²) >= 11 is 0. The van der Waals surface area contributed by atoms with Crippen LogP contribution in [0.25, 0.3) is 10.9 Å². The second-order valence-corrected chi connectivity index (χ2v) is 9.73. The Balaban J connectivity index is 1.71. The molecule has 0 aliphatic carbocycles. The normalized spacial score (nSPS) is 17.9. The number of nitrogens with zero attached hydrogens (tertiary/aromatic N) is 2. The Hall–Kier alpha value is -4.14. The fourth-order valence-corrected chi connectivity index (χ4v) is 5.51. The van der Waals surface area contributed by atoms with Crippen molar-refractivity contribution in [3.05, 3.63) is 71.9 Å². The predicted molar refractivity (Wildman–Crippen MR) is 139 cm³/mol. The molecule has 9 nitrogen and oxygen atoms in total. The summed E-state index contributed by atoms with van der Waals surface area (Å²) in [6.45, 7) is 3.63. The Labute approximate surface area is 215 Å².